The van der Waals surface area contributed by atoms with E-state index in [1.807, 2.05) is 12.1 Å². The van der Waals surface area contributed by atoms with E-state index in [1.54, 1.807) is 13.1 Å². The maximum absolute atomic E-state index is 13.3. The Hall–Kier alpha value is -2.58. The fraction of sp³-hybridized carbons (Fsp3) is 0.409. The van der Waals surface area contributed by atoms with Crippen LogP contribution in [0.1, 0.15) is 22.3 Å². The van der Waals surface area contributed by atoms with E-state index in [1.165, 1.54) is 28.2 Å². The summed E-state index contributed by atoms with van der Waals surface area (Å²) < 4.78 is 40.0. The van der Waals surface area contributed by atoms with Crippen molar-refractivity contribution in [3.05, 3.63) is 64.7 Å². The van der Waals surface area contributed by atoms with Gasteiger partial charge in [0.25, 0.3) is 0 Å². The first kappa shape index (κ1) is 22.1. The van der Waals surface area contributed by atoms with Gasteiger partial charge in [-0.2, -0.15) is 13.2 Å². The van der Waals surface area contributed by atoms with Gasteiger partial charge in [-0.1, -0.05) is 30.3 Å². The van der Waals surface area contributed by atoms with Gasteiger partial charge in [0, 0.05) is 31.9 Å². The van der Waals surface area contributed by atoms with Gasteiger partial charge in [-0.25, -0.2) is 0 Å². The molecule has 162 valence electrons. The van der Waals surface area contributed by atoms with E-state index in [9.17, 15) is 18.0 Å². The molecule has 0 bridgehead atoms. The first-order valence-electron chi connectivity index (χ1n) is 10.0. The van der Waals surface area contributed by atoms with Gasteiger partial charge in [-0.05, 0) is 48.8 Å². The highest BCUT2D eigenvalue weighted by molar-refractivity contribution is 5.81. The van der Waals surface area contributed by atoms with Gasteiger partial charge in [0.05, 0.1) is 12.1 Å². The molecule has 1 heterocycles. The third kappa shape index (κ3) is 5.52. The molecule has 0 unspecified atom stereocenters. The highest BCUT2D eigenvalue weighted by atomic mass is 19.4. The minimum atomic E-state index is -4.45. The molecule has 0 aromatic heterocycles. The second kappa shape index (κ2) is 9.95. The monoisotopic (exact) mass is 420 g/mol. The fourth-order valence-corrected chi connectivity index (χ4v) is 3.66. The van der Waals surface area contributed by atoms with Crippen molar-refractivity contribution < 1.29 is 18.0 Å². The van der Waals surface area contributed by atoms with Gasteiger partial charge in [0.15, 0.2) is 0 Å². The standard InChI is InChI=1S/C22H27F3N4O/c1-26-11-12-29(15-17-5-2-3-7-19(17)22(23,24)25)21(30)14-28-20-8-4-6-16-13-27-10-9-18(16)20/h2-8,26-28H,9-15H2,1H3. The first-order chi connectivity index (χ1) is 14.4. The van der Waals surface area contributed by atoms with E-state index in [0.29, 0.717) is 13.1 Å². The predicted molar refractivity (Wildman–Crippen MR) is 111 cm³/mol. The summed E-state index contributed by atoms with van der Waals surface area (Å²) in [7, 11) is 1.74. The molecule has 2 aromatic carbocycles. The number of halogens is 3. The number of carbonyl (C=O) groups is 1. The van der Waals surface area contributed by atoms with Gasteiger partial charge in [0.2, 0.25) is 5.91 Å². The van der Waals surface area contributed by atoms with Crippen LogP contribution in [0.2, 0.25) is 0 Å². The lowest BCUT2D eigenvalue weighted by molar-refractivity contribution is -0.139. The van der Waals surface area contributed by atoms with E-state index in [0.717, 1.165) is 31.3 Å². The van der Waals surface area contributed by atoms with Crippen molar-refractivity contribution >= 4 is 11.6 Å². The number of hydrogen-bond donors (Lipinski definition) is 3. The highest BCUT2D eigenvalue weighted by Gasteiger charge is 2.33. The zero-order valence-electron chi connectivity index (χ0n) is 17.0. The number of likely N-dealkylation sites (N-methyl/N-ethyl adjacent to an activating group) is 1. The molecule has 3 rings (SSSR count). The van der Waals surface area contributed by atoms with Crippen LogP contribution in [0.15, 0.2) is 42.5 Å². The van der Waals surface area contributed by atoms with Crippen LogP contribution in [-0.4, -0.2) is 44.0 Å². The lowest BCUT2D eigenvalue weighted by Crippen LogP contribution is -2.39. The van der Waals surface area contributed by atoms with Crippen molar-refractivity contribution in [2.24, 2.45) is 0 Å². The average Bonchev–Trinajstić information content (AvgIpc) is 2.74. The van der Waals surface area contributed by atoms with Crippen molar-refractivity contribution in [1.82, 2.24) is 15.5 Å². The minimum absolute atomic E-state index is 0.0295. The van der Waals surface area contributed by atoms with Crippen LogP contribution < -0.4 is 16.0 Å². The highest BCUT2D eigenvalue weighted by Crippen LogP contribution is 2.32. The molecule has 8 heteroatoms. The number of anilines is 1. The third-order valence-electron chi connectivity index (χ3n) is 5.24. The molecule has 0 radical (unpaired) electrons. The molecule has 0 aliphatic carbocycles. The lowest BCUT2D eigenvalue weighted by atomic mass is 9.99. The van der Waals surface area contributed by atoms with E-state index in [4.69, 9.17) is 0 Å². The van der Waals surface area contributed by atoms with Crippen molar-refractivity contribution in [3.8, 4) is 0 Å². The molecule has 1 amide bonds. The summed E-state index contributed by atoms with van der Waals surface area (Å²) in [5.74, 6) is -0.242. The quantitative estimate of drug-likeness (QED) is 0.615. The molecule has 30 heavy (non-hydrogen) atoms. The minimum Gasteiger partial charge on any atom is -0.376 e. The molecule has 0 spiro atoms. The molecule has 1 aliphatic rings. The summed E-state index contributed by atoms with van der Waals surface area (Å²) in [6.07, 6.45) is -3.58. The van der Waals surface area contributed by atoms with Crippen LogP contribution in [0.4, 0.5) is 18.9 Å². The smallest absolute Gasteiger partial charge is 0.376 e. The number of nitrogens with zero attached hydrogens (tertiary/aromatic N) is 1. The summed E-state index contributed by atoms with van der Waals surface area (Å²) in [6.45, 7) is 2.42. The van der Waals surface area contributed by atoms with Crippen molar-refractivity contribution in [1.29, 1.82) is 0 Å². The van der Waals surface area contributed by atoms with E-state index in [2.05, 4.69) is 22.0 Å². The molecule has 0 atom stereocenters. The number of amides is 1. The molecule has 2 aromatic rings. The van der Waals surface area contributed by atoms with Crippen LogP contribution in [0.5, 0.6) is 0 Å². The van der Waals surface area contributed by atoms with Crippen LogP contribution in [0.25, 0.3) is 0 Å². The Morgan fingerprint density at radius 2 is 1.97 bits per heavy atom. The Balaban J connectivity index is 1.73. The average molecular weight is 420 g/mol. The van der Waals surface area contributed by atoms with Gasteiger partial charge in [-0.3, -0.25) is 4.79 Å². The number of rotatable bonds is 8. The van der Waals surface area contributed by atoms with Crippen molar-refractivity contribution in [2.75, 3.05) is 38.5 Å². The number of alkyl halides is 3. The topological polar surface area (TPSA) is 56.4 Å². The second-order valence-electron chi connectivity index (χ2n) is 7.30. The molecule has 3 N–H and O–H groups in total. The van der Waals surface area contributed by atoms with Crippen LogP contribution in [-0.2, 0) is 30.5 Å². The summed E-state index contributed by atoms with van der Waals surface area (Å²) in [4.78, 5) is 14.4. The molecule has 1 aliphatic heterocycles. The van der Waals surface area contributed by atoms with Crippen LogP contribution in [0.3, 0.4) is 0 Å². The van der Waals surface area contributed by atoms with Crippen molar-refractivity contribution in [2.45, 2.75) is 25.7 Å². The Morgan fingerprint density at radius 1 is 1.17 bits per heavy atom. The molecular weight excluding hydrogens is 393 g/mol. The fourth-order valence-electron chi connectivity index (χ4n) is 3.66. The molecule has 0 saturated heterocycles. The number of fused-ring (bicyclic) bond motifs is 1. The summed E-state index contributed by atoms with van der Waals surface area (Å²) >= 11 is 0. The van der Waals surface area contributed by atoms with Crippen molar-refractivity contribution in [3.63, 3.8) is 0 Å². The Labute approximate surface area is 174 Å². The van der Waals surface area contributed by atoms with Gasteiger partial charge in [-0.15, -0.1) is 0 Å². The predicted octanol–water partition coefficient (Wildman–Crippen LogP) is 3.01. The molecular formula is C22H27F3N4O. The maximum Gasteiger partial charge on any atom is 0.416 e. The van der Waals surface area contributed by atoms with Gasteiger partial charge < -0.3 is 20.9 Å². The summed E-state index contributed by atoms with van der Waals surface area (Å²) in [5, 5.41) is 9.47. The third-order valence-corrected chi connectivity index (χ3v) is 5.24. The van der Waals surface area contributed by atoms with E-state index in [-0.39, 0.29) is 24.6 Å². The summed E-state index contributed by atoms with van der Waals surface area (Å²) in [5.41, 5.74) is 2.69. The van der Waals surface area contributed by atoms with Gasteiger partial charge >= 0.3 is 6.18 Å². The van der Waals surface area contributed by atoms with E-state index >= 15 is 0 Å². The number of nitrogens with one attached hydrogen (secondary N) is 3. The zero-order valence-corrected chi connectivity index (χ0v) is 17.0. The SMILES string of the molecule is CNCCN(Cc1ccccc1C(F)(F)F)C(=O)CNc1cccc2c1CCNC2. The normalized spacial score (nSPS) is 13.6. The zero-order chi connectivity index (χ0) is 21.6. The Bertz CT molecular complexity index is 870. The Morgan fingerprint density at radius 3 is 2.73 bits per heavy atom. The maximum atomic E-state index is 13.3. The molecule has 0 saturated carbocycles. The number of benzene rings is 2. The number of carbonyl (C=O) groups excluding carboxylic acids is 1. The van der Waals surface area contributed by atoms with Crippen LogP contribution in [0, 0.1) is 0 Å². The van der Waals surface area contributed by atoms with Gasteiger partial charge in [0.1, 0.15) is 0 Å². The van der Waals surface area contributed by atoms with E-state index < -0.39 is 11.7 Å². The lowest BCUT2D eigenvalue weighted by Gasteiger charge is -2.26. The largest absolute Gasteiger partial charge is 0.416 e. The first-order valence-corrected chi connectivity index (χ1v) is 10.0. The Kier molecular flexibility index (Phi) is 7.33. The van der Waals surface area contributed by atoms with Crippen LogP contribution >= 0.6 is 0 Å². The number of hydrogen-bond acceptors (Lipinski definition) is 4. The molecule has 5 nitrogen and oxygen atoms in total. The molecule has 0 fully saturated rings. The summed E-state index contributed by atoms with van der Waals surface area (Å²) in [6, 6.07) is 11.3. The second-order valence-corrected chi connectivity index (χ2v) is 7.30.